The van der Waals surface area contributed by atoms with Crippen molar-refractivity contribution in [2.45, 2.75) is 19.9 Å². The van der Waals surface area contributed by atoms with Gasteiger partial charge in [-0.1, -0.05) is 17.7 Å². The maximum atomic E-state index is 11.0. The molecule has 1 rings (SSSR count). The van der Waals surface area contributed by atoms with Gasteiger partial charge in [-0.05, 0) is 13.8 Å². The van der Waals surface area contributed by atoms with E-state index in [2.05, 4.69) is 16.5 Å². The number of nitrogens with zero attached hydrogens (tertiary/aromatic N) is 3. The zero-order valence-electron chi connectivity index (χ0n) is 9.35. The molecule has 4 nitrogen and oxygen atoms in total. The van der Waals surface area contributed by atoms with Crippen LogP contribution in [0.1, 0.15) is 24.2 Å². The van der Waals surface area contributed by atoms with Gasteiger partial charge in [-0.2, -0.15) is 0 Å². The second kappa shape index (κ2) is 5.61. The van der Waals surface area contributed by atoms with Gasteiger partial charge in [0.1, 0.15) is 17.3 Å². The van der Waals surface area contributed by atoms with Gasteiger partial charge in [0.2, 0.25) is 0 Å². The molecule has 0 amide bonds. The Morgan fingerprint density at radius 1 is 1.56 bits per heavy atom. The highest BCUT2D eigenvalue weighted by Crippen LogP contribution is 2.22. The molecule has 0 saturated heterocycles. The second-order valence-corrected chi connectivity index (χ2v) is 3.91. The number of rotatable bonds is 5. The Hall–Kier alpha value is -1.42. The van der Waals surface area contributed by atoms with E-state index in [0.29, 0.717) is 24.2 Å². The smallest absolute Gasteiger partial charge is 0.156 e. The summed E-state index contributed by atoms with van der Waals surface area (Å²) >= 11 is 5.84. The third-order valence-electron chi connectivity index (χ3n) is 2.15. The van der Waals surface area contributed by atoms with E-state index in [9.17, 15) is 4.79 Å². The first-order valence-corrected chi connectivity index (χ1v) is 5.32. The molecule has 5 heteroatoms. The highest BCUT2D eigenvalue weighted by atomic mass is 35.5. The number of hydrogen-bond donors (Lipinski definition) is 0. The fourth-order valence-corrected chi connectivity index (χ4v) is 1.55. The van der Waals surface area contributed by atoms with E-state index in [-0.39, 0.29) is 11.2 Å². The van der Waals surface area contributed by atoms with Crippen molar-refractivity contribution in [3.05, 3.63) is 29.7 Å². The van der Waals surface area contributed by atoms with Crippen LogP contribution in [0, 0.1) is 0 Å². The topological polar surface area (TPSA) is 46.1 Å². The van der Waals surface area contributed by atoms with Gasteiger partial charge in [0.15, 0.2) is 6.29 Å². The first kappa shape index (κ1) is 12.6. The summed E-state index contributed by atoms with van der Waals surface area (Å²) in [6, 6.07) is 0.197. The monoisotopic (exact) mass is 239 g/mol. The molecule has 0 saturated carbocycles. The summed E-state index contributed by atoms with van der Waals surface area (Å²) in [5.74, 6) is 0.546. The molecule has 0 aromatic carbocycles. The molecule has 0 bridgehead atoms. The fraction of sp³-hybridized carbons (Fsp3) is 0.364. The highest BCUT2D eigenvalue weighted by Gasteiger charge is 2.17. The van der Waals surface area contributed by atoms with E-state index in [0.717, 1.165) is 0 Å². The summed E-state index contributed by atoms with van der Waals surface area (Å²) in [4.78, 5) is 20.8. The third kappa shape index (κ3) is 2.58. The quantitative estimate of drug-likeness (QED) is 0.450. The molecule has 1 aromatic heterocycles. The summed E-state index contributed by atoms with van der Waals surface area (Å²) in [5, 5.41) is 0.176. The minimum absolute atomic E-state index is 0.176. The average Bonchev–Trinajstić information content (AvgIpc) is 2.25. The SMILES string of the molecule is C=CCN(c1ncnc(Cl)c1C=O)C(C)C. The summed E-state index contributed by atoms with van der Waals surface area (Å²) in [6.45, 7) is 8.30. The van der Waals surface area contributed by atoms with Gasteiger partial charge in [0.05, 0.1) is 5.56 Å². The van der Waals surface area contributed by atoms with Crippen molar-refractivity contribution >= 4 is 23.7 Å². The van der Waals surface area contributed by atoms with Gasteiger partial charge in [0.25, 0.3) is 0 Å². The van der Waals surface area contributed by atoms with Crippen LogP contribution in [0.5, 0.6) is 0 Å². The lowest BCUT2D eigenvalue weighted by Crippen LogP contribution is -2.32. The van der Waals surface area contributed by atoms with Crippen molar-refractivity contribution in [3.63, 3.8) is 0 Å². The van der Waals surface area contributed by atoms with E-state index >= 15 is 0 Å². The lowest BCUT2D eigenvalue weighted by atomic mass is 10.2. The molecule has 0 fully saturated rings. The van der Waals surface area contributed by atoms with E-state index in [1.165, 1.54) is 6.33 Å². The Balaban J connectivity index is 3.22. The number of hydrogen-bond acceptors (Lipinski definition) is 4. The number of aromatic nitrogens is 2. The first-order valence-electron chi connectivity index (χ1n) is 4.95. The number of carbonyl (C=O) groups excluding carboxylic acids is 1. The Bertz CT molecular complexity index is 393. The molecule has 0 spiro atoms. The molecule has 0 radical (unpaired) electrons. The van der Waals surface area contributed by atoms with Crippen molar-refractivity contribution in [3.8, 4) is 0 Å². The summed E-state index contributed by atoms with van der Waals surface area (Å²) < 4.78 is 0. The van der Waals surface area contributed by atoms with E-state index in [4.69, 9.17) is 11.6 Å². The number of carbonyl (C=O) groups is 1. The van der Waals surface area contributed by atoms with Crippen LogP contribution in [-0.4, -0.2) is 28.8 Å². The Morgan fingerprint density at radius 2 is 2.25 bits per heavy atom. The Labute approximate surface area is 100.0 Å². The fourth-order valence-electron chi connectivity index (χ4n) is 1.38. The molecular weight excluding hydrogens is 226 g/mol. The zero-order chi connectivity index (χ0) is 12.1. The average molecular weight is 240 g/mol. The molecule has 0 atom stereocenters. The van der Waals surface area contributed by atoms with Crippen LogP contribution >= 0.6 is 11.6 Å². The zero-order valence-corrected chi connectivity index (χ0v) is 10.1. The van der Waals surface area contributed by atoms with Crippen LogP contribution in [0.2, 0.25) is 5.15 Å². The number of aldehydes is 1. The lowest BCUT2D eigenvalue weighted by Gasteiger charge is -2.27. The van der Waals surface area contributed by atoms with Gasteiger partial charge in [-0.25, -0.2) is 9.97 Å². The van der Waals surface area contributed by atoms with Crippen LogP contribution in [0.3, 0.4) is 0 Å². The standard InChI is InChI=1S/C11H14ClN3O/c1-4-5-15(8(2)3)11-9(6-16)10(12)13-7-14-11/h4,6-8H,1,5H2,2-3H3. The Morgan fingerprint density at radius 3 is 2.75 bits per heavy atom. The van der Waals surface area contributed by atoms with Crippen molar-refractivity contribution in [2.75, 3.05) is 11.4 Å². The molecule has 0 aliphatic carbocycles. The van der Waals surface area contributed by atoms with E-state index < -0.39 is 0 Å². The Kier molecular flexibility index (Phi) is 4.43. The first-order chi connectivity index (χ1) is 7.61. The molecule has 0 unspecified atom stereocenters. The minimum Gasteiger partial charge on any atom is -0.350 e. The molecule has 86 valence electrons. The lowest BCUT2D eigenvalue weighted by molar-refractivity contribution is 0.112. The van der Waals surface area contributed by atoms with E-state index in [1.807, 2.05) is 18.7 Å². The maximum absolute atomic E-state index is 11.0. The second-order valence-electron chi connectivity index (χ2n) is 3.55. The summed E-state index contributed by atoms with van der Waals surface area (Å²) in [6.07, 6.45) is 3.78. The van der Waals surface area contributed by atoms with Crippen LogP contribution in [0.15, 0.2) is 19.0 Å². The number of anilines is 1. The van der Waals surface area contributed by atoms with Crippen LogP contribution in [-0.2, 0) is 0 Å². The van der Waals surface area contributed by atoms with Crippen molar-refractivity contribution in [1.29, 1.82) is 0 Å². The van der Waals surface area contributed by atoms with Crippen LogP contribution in [0.4, 0.5) is 5.82 Å². The van der Waals surface area contributed by atoms with Gasteiger partial charge in [-0.3, -0.25) is 4.79 Å². The maximum Gasteiger partial charge on any atom is 0.156 e. The number of halogens is 1. The summed E-state index contributed by atoms with van der Waals surface area (Å²) in [5.41, 5.74) is 0.319. The molecule has 1 aromatic rings. The molecule has 0 aliphatic rings. The molecule has 0 N–H and O–H groups in total. The summed E-state index contributed by atoms with van der Waals surface area (Å²) in [7, 11) is 0. The molecule has 1 heterocycles. The third-order valence-corrected chi connectivity index (χ3v) is 2.45. The minimum atomic E-state index is 0.176. The predicted octanol–water partition coefficient (Wildman–Crippen LogP) is 2.34. The molecule has 0 aliphatic heterocycles. The van der Waals surface area contributed by atoms with E-state index in [1.54, 1.807) is 6.08 Å². The van der Waals surface area contributed by atoms with Gasteiger partial charge in [0, 0.05) is 12.6 Å². The highest BCUT2D eigenvalue weighted by molar-refractivity contribution is 6.32. The van der Waals surface area contributed by atoms with Crippen molar-refractivity contribution < 1.29 is 4.79 Å². The van der Waals surface area contributed by atoms with Crippen molar-refractivity contribution in [2.24, 2.45) is 0 Å². The van der Waals surface area contributed by atoms with Crippen LogP contribution < -0.4 is 4.90 Å². The normalized spacial score (nSPS) is 10.2. The van der Waals surface area contributed by atoms with Gasteiger partial charge in [-0.15, -0.1) is 6.58 Å². The van der Waals surface area contributed by atoms with Gasteiger partial charge >= 0.3 is 0 Å². The predicted molar refractivity (Wildman–Crippen MR) is 65.1 cm³/mol. The largest absolute Gasteiger partial charge is 0.350 e. The molecular formula is C11H14ClN3O. The van der Waals surface area contributed by atoms with Gasteiger partial charge < -0.3 is 4.90 Å². The van der Waals surface area contributed by atoms with Crippen LogP contribution in [0.25, 0.3) is 0 Å². The van der Waals surface area contributed by atoms with Crippen molar-refractivity contribution in [1.82, 2.24) is 9.97 Å². The molecule has 16 heavy (non-hydrogen) atoms.